The van der Waals surface area contributed by atoms with Crippen LogP contribution in [0.3, 0.4) is 0 Å². The Bertz CT molecular complexity index is 149. The molecule has 0 unspecified atom stereocenters. The van der Waals surface area contributed by atoms with E-state index in [0.29, 0.717) is 0 Å². The average Bonchev–Trinajstić information content (AvgIpc) is 2.73. The van der Waals surface area contributed by atoms with Crippen LogP contribution in [0, 0.1) is 5.92 Å². The van der Waals surface area contributed by atoms with Crippen LogP contribution in [-0.4, -0.2) is 23.5 Å². The van der Waals surface area contributed by atoms with Gasteiger partial charge < -0.3 is 0 Å². The van der Waals surface area contributed by atoms with Crippen LogP contribution in [0.2, 0.25) is 0 Å². The van der Waals surface area contributed by atoms with Crippen molar-refractivity contribution in [2.24, 2.45) is 5.92 Å². The first-order chi connectivity index (χ1) is 5.77. The van der Waals surface area contributed by atoms with Crippen molar-refractivity contribution in [1.29, 1.82) is 0 Å². The van der Waals surface area contributed by atoms with Crippen molar-refractivity contribution < 1.29 is 0 Å². The van der Waals surface area contributed by atoms with Gasteiger partial charge in [-0.25, -0.2) is 0 Å². The highest BCUT2D eigenvalue weighted by atomic mass is 15.2. The van der Waals surface area contributed by atoms with Crippen molar-refractivity contribution in [3.63, 3.8) is 0 Å². The molecule has 12 heavy (non-hydrogen) atoms. The molecule has 1 heterocycles. The highest BCUT2D eigenvalue weighted by Crippen LogP contribution is 2.35. The molecule has 0 radical (unpaired) electrons. The zero-order valence-corrected chi connectivity index (χ0v) is 8.42. The molecule has 1 heteroatoms. The fraction of sp³-hybridized carbons (Fsp3) is 1.00. The topological polar surface area (TPSA) is 3.24 Å². The van der Waals surface area contributed by atoms with Gasteiger partial charge in [0.15, 0.2) is 0 Å². The monoisotopic (exact) mass is 167 g/mol. The van der Waals surface area contributed by atoms with Crippen LogP contribution in [0.5, 0.6) is 0 Å². The number of nitrogens with zero attached hydrogens (tertiary/aromatic N) is 1. The minimum atomic E-state index is 0.884. The lowest BCUT2D eigenvalue weighted by Gasteiger charge is -2.25. The van der Waals surface area contributed by atoms with Crippen LogP contribution in [0.25, 0.3) is 0 Å². The van der Waals surface area contributed by atoms with Gasteiger partial charge in [-0.3, -0.25) is 4.90 Å². The first kappa shape index (κ1) is 8.55. The zero-order valence-electron chi connectivity index (χ0n) is 8.42. The number of hydrogen-bond acceptors (Lipinski definition) is 1. The van der Waals surface area contributed by atoms with Gasteiger partial charge in [0.05, 0.1) is 0 Å². The second-order valence-electron chi connectivity index (χ2n) is 4.89. The van der Waals surface area contributed by atoms with E-state index in [1.165, 1.54) is 38.6 Å². The first-order valence-electron chi connectivity index (χ1n) is 5.53. The molecule has 2 rings (SSSR count). The van der Waals surface area contributed by atoms with Gasteiger partial charge in [-0.05, 0) is 44.6 Å². The Labute approximate surface area is 76.1 Å². The molecule has 0 aromatic carbocycles. The van der Waals surface area contributed by atoms with Gasteiger partial charge in [-0.1, -0.05) is 13.8 Å². The van der Waals surface area contributed by atoms with Crippen molar-refractivity contribution in [1.82, 2.24) is 4.90 Å². The minimum absolute atomic E-state index is 0.884. The summed E-state index contributed by atoms with van der Waals surface area (Å²) in [5.74, 6) is 0.884. The van der Waals surface area contributed by atoms with E-state index in [9.17, 15) is 0 Å². The summed E-state index contributed by atoms with van der Waals surface area (Å²) < 4.78 is 0. The number of hydrogen-bond donors (Lipinski definition) is 0. The Morgan fingerprint density at radius 2 is 2.00 bits per heavy atom. The third kappa shape index (κ3) is 1.82. The van der Waals surface area contributed by atoms with Gasteiger partial charge in [-0.15, -0.1) is 0 Å². The van der Waals surface area contributed by atoms with Crippen molar-refractivity contribution in [2.45, 2.75) is 58.0 Å². The summed E-state index contributed by atoms with van der Waals surface area (Å²) in [6, 6.07) is 1.94. The van der Waals surface area contributed by atoms with Gasteiger partial charge >= 0.3 is 0 Å². The molecule has 1 aliphatic heterocycles. The largest absolute Gasteiger partial charge is 0.297 e. The number of likely N-dealkylation sites (tertiary alicyclic amines) is 1. The second-order valence-corrected chi connectivity index (χ2v) is 4.89. The maximum atomic E-state index is 2.78. The summed E-state index contributed by atoms with van der Waals surface area (Å²) in [4.78, 5) is 2.78. The quantitative estimate of drug-likeness (QED) is 0.624. The predicted molar refractivity (Wildman–Crippen MR) is 52.2 cm³/mol. The lowest BCUT2D eigenvalue weighted by atomic mass is 10.0. The lowest BCUT2D eigenvalue weighted by molar-refractivity contribution is 0.217. The molecule has 2 fully saturated rings. The highest BCUT2D eigenvalue weighted by molar-refractivity contribution is 4.92. The number of rotatable bonds is 3. The predicted octanol–water partition coefficient (Wildman–Crippen LogP) is 2.66. The summed E-state index contributed by atoms with van der Waals surface area (Å²) in [6.45, 7) is 6.09. The lowest BCUT2D eigenvalue weighted by Crippen LogP contribution is -2.32. The smallest absolute Gasteiger partial charge is 0.0101 e. The zero-order chi connectivity index (χ0) is 8.55. The van der Waals surface area contributed by atoms with Crippen molar-refractivity contribution in [3.05, 3.63) is 0 Å². The third-order valence-electron chi connectivity index (χ3n) is 3.18. The molecule has 1 nitrogen and oxygen atoms in total. The van der Waals surface area contributed by atoms with Gasteiger partial charge in [0.25, 0.3) is 0 Å². The van der Waals surface area contributed by atoms with E-state index < -0.39 is 0 Å². The standard InChI is InChI=1S/C11H21N/c1-9(2)8-11-4-3-7-12(11)10-5-6-10/h9-11H,3-8H2,1-2H3/t11-/m0/s1. The van der Waals surface area contributed by atoms with Crippen LogP contribution < -0.4 is 0 Å². The van der Waals surface area contributed by atoms with E-state index in [2.05, 4.69) is 18.7 Å². The maximum absolute atomic E-state index is 2.78. The molecular formula is C11H21N. The van der Waals surface area contributed by atoms with Crippen LogP contribution in [0.15, 0.2) is 0 Å². The molecular weight excluding hydrogens is 146 g/mol. The van der Waals surface area contributed by atoms with E-state index in [0.717, 1.165) is 18.0 Å². The van der Waals surface area contributed by atoms with E-state index in [-0.39, 0.29) is 0 Å². The molecule has 0 N–H and O–H groups in total. The van der Waals surface area contributed by atoms with E-state index in [1.807, 2.05) is 0 Å². The van der Waals surface area contributed by atoms with Gasteiger partial charge in [-0.2, -0.15) is 0 Å². The fourth-order valence-corrected chi connectivity index (χ4v) is 2.54. The summed E-state index contributed by atoms with van der Waals surface area (Å²) in [6.07, 6.45) is 7.31. The molecule has 1 atom stereocenters. The highest BCUT2D eigenvalue weighted by Gasteiger charge is 2.36. The molecule has 70 valence electrons. The molecule has 0 amide bonds. The molecule has 1 saturated heterocycles. The Morgan fingerprint density at radius 3 is 2.58 bits per heavy atom. The van der Waals surface area contributed by atoms with Crippen LogP contribution in [0.4, 0.5) is 0 Å². The van der Waals surface area contributed by atoms with Crippen LogP contribution in [0.1, 0.15) is 46.0 Å². The Kier molecular flexibility index (Phi) is 2.40. The maximum Gasteiger partial charge on any atom is 0.0101 e. The molecule has 0 aromatic heterocycles. The van der Waals surface area contributed by atoms with Gasteiger partial charge in [0.2, 0.25) is 0 Å². The molecule has 1 saturated carbocycles. The van der Waals surface area contributed by atoms with Gasteiger partial charge in [0, 0.05) is 12.1 Å². The Hall–Kier alpha value is -0.0400. The van der Waals surface area contributed by atoms with Crippen molar-refractivity contribution >= 4 is 0 Å². The summed E-state index contributed by atoms with van der Waals surface area (Å²) in [5.41, 5.74) is 0. The van der Waals surface area contributed by atoms with Crippen LogP contribution in [-0.2, 0) is 0 Å². The van der Waals surface area contributed by atoms with E-state index in [1.54, 1.807) is 0 Å². The Balaban J connectivity index is 1.85. The van der Waals surface area contributed by atoms with Crippen LogP contribution >= 0.6 is 0 Å². The molecule has 0 aromatic rings. The summed E-state index contributed by atoms with van der Waals surface area (Å²) in [5, 5.41) is 0. The minimum Gasteiger partial charge on any atom is -0.297 e. The molecule has 0 bridgehead atoms. The van der Waals surface area contributed by atoms with E-state index in [4.69, 9.17) is 0 Å². The third-order valence-corrected chi connectivity index (χ3v) is 3.18. The normalized spacial score (nSPS) is 31.8. The first-order valence-corrected chi connectivity index (χ1v) is 5.53. The van der Waals surface area contributed by atoms with Gasteiger partial charge in [0.1, 0.15) is 0 Å². The average molecular weight is 167 g/mol. The van der Waals surface area contributed by atoms with Crippen molar-refractivity contribution in [3.8, 4) is 0 Å². The Morgan fingerprint density at radius 1 is 1.25 bits per heavy atom. The molecule has 2 aliphatic rings. The molecule has 1 aliphatic carbocycles. The summed E-state index contributed by atoms with van der Waals surface area (Å²) in [7, 11) is 0. The second kappa shape index (κ2) is 3.37. The molecule has 0 spiro atoms. The van der Waals surface area contributed by atoms with E-state index >= 15 is 0 Å². The fourth-order valence-electron chi connectivity index (χ4n) is 2.54. The summed E-state index contributed by atoms with van der Waals surface area (Å²) >= 11 is 0. The van der Waals surface area contributed by atoms with Crippen molar-refractivity contribution in [2.75, 3.05) is 6.54 Å². The SMILES string of the molecule is CC(C)C[C@@H]1CCCN1C1CC1.